The van der Waals surface area contributed by atoms with E-state index in [2.05, 4.69) is 36.4 Å². The number of benzene rings is 2. The van der Waals surface area contributed by atoms with E-state index in [1.54, 1.807) is 0 Å². The molecular formula is C29H38N4O5. The molecule has 0 spiro atoms. The van der Waals surface area contributed by atoms with Gasteiger partial charge < -0.3 is 14.7 Å². The van der Waals surface area contributed by atoms with Gasteiger partial charge in [-0.1, -0.05) is 6.92 Å². The number of ketones is 1. The lowest BCUT2D eigenvalue weighted by Crippen LogP contribution is -2.47. The standard InChI is InChI=1S/C29H38N4O5/c1-3-4-27(34)37-38-28(35)13-14-31-17-21-33(22-18-31)26-11-7-24(8-12-26)29(36)23-5-9-25(10-6-23)32-19-15-30(2)16-20-32/h5-12H,3-4,13-22H2,1-2H3. The molecule has 4 rings (SSSR count). The van der Waals surface area contributed by atoms with Gasteiger partial charge in [-0.05, 0) is 62.0 Å². The molecule has 9 heteroatoms. The quantitative estimate of drug-likeness (QED) is 0.280. The Balaban J connectivity index is 1.22. The molecule has 0 amide bonds. The fourth-order valence-electron chi connectivity index (χ4n) is 4.74. The minimum absolute atomic E-state index is 0.0264. The van der Waals surface area contributed by atoms with Gasteiger partial charge in [0.1, 0.15) is 0 Å². The maximum absolute atomic E-state index is 13.0. The van der Waals surface area contributed by atoms with Crippen LogP contribution in [0.25, 0.3) is 0 Å². The third-order valence-electron chi connectivity index (χ3n) is 7.18. The predicted octanol–water partition coefficient (Wildman–Crippen LogP) is 2.98. The molecule has 0 unspecified atom stereocenters. The Morgan fingerprint density at radius 2 is 1.11 bits per heavy atom. The number of nitrogens with zero attached hydrogens (tertiary/aromatic N) is 4. The number of likely N-dealkylation sites (N-methyl/N-ethyl adjacent to an activating group) is 1. The average Bonchev–Trinajstić information content (AvgIpc) is 2.96. The maximum atomic E-state index is 13.0. The van der Waals surface area contributed by atoms with Gasteiger partial charge in [0, 0.05) is 87.8 Å². The van der Waals surface area contributed by atoms with Crippen molar-refractivity contribution in [1.82, 2.24) is 9.80 Å². The van der Waals surface area contributed by atoms with Gasteiger partial charge >= 0.3 is 11.9 Å². The Hall–Kier alpha value is -3.43. The van der Waals surface area contributed by atoms with Gasteiger partial charge in [0.05, 0.1) is 6.42 Å². The Labute approximate surface area is 224 Å². The van der Waals surface area contributed by atoms with Gasteiger partial charge in [-0.25, -0.2) is 19.4 Å². The van der Waals surface area contributed by atoms with Gasteiger partial charge in [0.15, 0.2) is 5.78 Å². The first-order chi connectivity index (χ1) is 18.4. The topological polar surface area (TPSA) is 82.6 Å². The largest absolute Gasteiger partial charge is 0.369 e. The molecule has 38 heavy (non-hydrogen) atoms. The molecule has 2 aromatic carbocycles. The smallest absolute Gasteiger partial charge is 0.356 e. The van der Waals surface area contributed by atoms with Crippen molar-refractivity contribution >= 4 is 29.1 Å². The molecular weight excluding hydrogens is 484 g/mol. The van der Waals surface area contributed by atoms with Crippen molar-refractivity contribution in [3.05, 3.63) is 59.7 Å². The molecule has 2 heterocycles. The van der Waals surface area contributed by atoms with Crippen LogP contribution in [-0.2, 0) is 19.4 Å². The zero-order chi connectivity index (χ0) is 26.9. The van der Waals surface area contributed by atoms with Gasteiger partial charge in [-0.3, -0.25) is 9.69 Å². The van der Waals surface area contributed by atoms with Crippen LogP contribution in [0, 0.1) is 0 Å². The summed E-state index contributed by atoms with van der Waals surface area (Å²) in [6, 6.07) is 15.7. The predicted molar refractivity (Wildman–Crippen MR) is 146 cm³/mol. The van der Waals surface area contributed by atoms with E-state index in [0.29, 0.717) is 24.1 Å². The molecule has 2 fully saturated rings. The van der Waals surface area contributed by atoms with E-state index in [-0.39, 0.29) is 18.6 Å². The zero-order valence-corrected chi connectivity index (χ0v) is 22.4. The summed E-state index contributed by atoms with van der Waals surface area (Å²) in [6.45, 7) is 9.77. The lowest BCUT2D eigenvalue weighted by molar-refractivity contribution is -0.259. The number of anilines is 2. The first-order valence-electron chi connectivity index (χ1n) is 13.5. The third kappa shape index (κ3) is 7.55. The minimum atomic E-state index is -0.536. The molecule has 2 aliphatic heterocycles. The minimum Gasteiger partial charge on any atom is -0.369 e. The van der Waals surface area contributed by atoms with E-state index >= 15 is 0 Å². The highest BCUT2D eigenvalue weighted by molar-refractivity contribution is 6.09. The number of rotatable bonds is 9. The van der Waals surface area contributed by atoms with Crippen molar-refractivity contribution in [2.75, 3.05) is 75.8 Å². The van der Waals surface area contributed by atoms with Crippen molar-refractivity contribution in [3.63, 3.8) is 0 Å². The molecule has 0 radical (unpaired) electrons. The number of piperazine rings is 2. The van der Waals surface area contributed by atoms with Gasteiger partial charge in [-0.15, -0.1) is 0 Å². The van der Waals surface area contributed by atoms with Crippen molar-refractivity contribution in [2.24, 2.45) is 0 Å². The Kier molecular flexibility index (Phi) is 9.73. The molecule has 204 valence electrons. The van der Waals surface area contributed by atoms with Crippen LogP contribution in [-0.4, -0.2) is 93.5 Å². The zero-order valence-electron chi connectivity index (χ0n) is 22.4. The Bertz CT molecular complexity index is 1070. The molecule has 0 N–H and O–H groups in total. The van der Waals surface area contributed by atoms with E-state index in [4.69, 9.17) is 0 Å². The Morgan fingerprint density at radius 3 is 1.58 bits per heavy atom. The van der Waals surface area contributed by atoms with Crippen LogP contribution in [0.15, 0.2) is 48.5 Å². The lowest BCUT2D eigenvalue weighted by Gasteiger charge is -2.36. The van der Waals surface area contributed by atoms with Gasteiger partial charge in [0.2, 0.25) is 0 Å². The van der Waals surface area contributed by atoms with Crippen LogP contribution in [0.2, 0.25) is 0 Å². The lowest BCUT2D eigenvalue weighted by atomic mass is 10.0. The summed E-state index contributed by atoms with van der Waals surface area (Å²) in [6.07, 6.45) is 1.05. The van der Waals surface area contributed by atoms with Gasteiger partial charge in [-0.2, -0.15) is 0 Å². The Morgan fingerprint density at radius 1 is 0.658 bits per heavy atom. The van der Waals surface area contributed by atoms with E-state index in [9.17, 15) is 14.4 Å². The summed E-state index contributed by atoms with van der Waals surface area (Å²) in [5, 5.41) is 0. The first kappa shape index (κ1) is 27.6. The number of hydrogen-bond acceptors (Lipinski definition) is 9. The summed E-state index contributed by atoms with van der Waals surface area (Å²) < 4.78 is 0. The van der Waals surface area contributed by atoms with E-state index in [1.807, 2.05) is 55.5 Å². The fraction of sp³-hybridized carbons (Fsp3) is 0.483. The van der Waals surface area contributed by atoms with Crippen LogP contribution in [0.5, 0.6) is 0 Å². The van der Waals surface area contributed by atoms with Crippen molar-refractivity contribution in [1.29, 1.82) is 0 Å². The van der Waals surface area contributed by atoms with E-state index in [1.165, 1.54) is 0 Å². The molecule has 0 aliphatic carbocycles. The summed E-state index contributed by atoms with van der Waals surface area (Å²) in [5.74, 6) is -1.04. The summed E-state index contributed by atoms with van der Waals surface area (Å²) in [7, 11) is 2.14. The number of hydrogen-bond donors (Lipinski definition) is 0. The first-order valence-corrected chi connectivity index (χ1v) is 13.5. The van der Waals surface area contributed by atoms with Crippen LogP contribution in [0.4, 0.5) is 11.4 Å². The summed E-state index contributed by atoms with van der Waals surface area (Å²) >= 11 is 0. The van der Waals surface area contributed by atoms with Crippen molar-refractivity contribution < 1.29 is 24.2 Å². The highest BCUT2D eigenvalue weighted by Gasteiger charge is 2.20. The maximum Gasteiger partial charge on any atom is 0.356 e. The SMILES string of the molecule is CCCC(=O)OOC(=O)CCN1CCN(c2ccc(C(=O)c3ccc(N4CCN(C)CC4)cc3)cc2)CC1. The number of carbonyl (C=O) groups is 3. The molecule has 2 aromatic rings. The second-order valence-electron chi connectivity index (χ2n) is 9.95. The second kappa shape index (κ2) is 13.4. The van der Waals surface area contributed by atoms with Crippen LogP contribution in [0.1, 0.15) is 42.1 Å². The van der Waals surface area contributed by atoms with Crippen LogP contribution < -0.4 is 9.80 Å². The molecule has 0 saturated carbocycles. The highest BCUT2D eigenvalue weighted by Crippen LogP contribution is 2.21. The van der Waals surface area contributed by atoms with Gasteiger partial charge in [0.25, 0.3) is 0 Å². The third-order valence-corrected chi connectivity index (χ3v) is 7.18. The van der Waals surface area contributed by atoms with E-state index in [0.717, 1.165) is 63.7 Å². The number of carbonyl (C=O) groups excluding carboxylic acids is 3. The fourth-order valence-corrected chi connectivity index (χ4v) is 4.74. The van der Waals surface area contributed by atoms with E-state index < -0.39 is 11.9 Å². The van der Waals surface area contributed by atoms with Crippen LogP contribution >= 0.6 is 0 Å². The van der Waals surface area contributed by atoms with Crippen molar-refractivity contribution in [3.8, 4) is 0 Å². The second-order valence-corrected chi connectivity index (χ2v) is 9.95. The molecule has 9 nitrogen and oxygen atoms in total. The molecule has 2 aliphatic rings. The normalized spacial score (nSPS) is 16.8. The molecule has 0 atom stereocenters. The summed E-state index contributed by atoms with van der Waals surface area (Å²) in [5.41, 5.74) is 3.62. The molecule has 2 saturated heterocycles. The van der Waals surface area contributed by atoms with Crippen LogP contribution in [0.3, 0.4) is 0 Å². The summed E-state index contributed by atoms with van der Waals surface area (Å²) in [4.78, 5) is 54.4. The molecule has 0 aromatic heterocycles. The monoisotopic (exact) mass is 522 g/mol. The molecule has 0 bridgehead atoms. The average molecular weight is 523 g/mol. The van der Waals surface area contributed by atoms with Crippen molar-refractivity contribution in [2.45, 2.75) is 26.2 Å². The highest BCUT2D eigenvalue weighted by atomic mass is 17.2.